The van der Waals surface area contributed by atoms with Crippen LogP contribution in [0.15, 0.2) is 29.1 Å². The maximum atomic E-state index is 13.7. The zero-order chi connectivity index (χ0) is 21.3. The fraction of sp³-hybridized carbons (Fsp3) is 0.304. The molecule has 0 amide bonds. The number of ketones is 1. The summed E-state index contributed by atoms with van der Waals surface area (Å²) in [5.74, 6) is 1.82. The van der Waals surface area contributed by atoms with E-state index in [0.717, 1.165) is 0 Å². The maximum absolute atomic E-state index is 13.7. The lowest BCUT2D eigenvalue weighted by molar-refractivity contribution is 0.104. The van der Waals surface area contributed by atoms with E-state index in [4.69, 9.17) is 23.7 Å². The zero-order valence-electron chi connectivity index (χ0n) is 17.0. The van der Waals surface area contributed by atoms with Crippen molar-refractivity contribution in [3.63, 3.8) is 0 Å². The molecule has 1 aromatic heterocycles. The van der Waals surface area contributed by atoms with Crippen LogP contribution in [0.4, 0.5) is 0 Å². The Morgan fingerprint density at radius 3 is 2.26 bits per heavy atom. The molecule has 0 saturated carbocycles. The summed E-state index contributed by atoms with van der Waals surface area (Å²) in [4.78, 5) is 27.4. The molecular weight excluding hydrogens is 402 g/mol. The van der Waals surface area contributed by atoms with Crippen LogP contribution in [0.25, 0.3) is 22.0 Å². The van der Waals surface area contributed by atoms with Crippen molar-refractivity contribution in [1.82, 2.24) is 4.57 Å². The third-order valence-corrected chi connectivity index (χ3v) is 6.23. The van der Waals surface area contributed by atoms with Crippen LogP contribution in [0.3, 0.4) is 0 Å². The normalized spacial score (nSPS) is 18.4. The van der Waals surface area contributed by atoms with Crippen molar-refractivity contribution in [3.8, 4) is 34.3 Å². The molecule has 3 heterocycles. The quantitative estimate of drug-likeness (QED) is 0.503. The third kappa shape index (κ3) is 2.39. The fourth-order valence-electron chi connectivity index (χ4n) is 4.77. The Labute approximate surface area is 176 Å². The minimum absolute atomic E-state index is 0.108. The summed E-state index contributed by atoms with van der Waals surface area (Å²) in [6.07, 6.45) is 0.694. The van der Waals surface area contributed by atoms with Gasteiger partial charge in [-0.3, -0.25) is 9.59 Å². The van der Waals surface area contributed by atoms with Gasteiger partial charge < -0.3 is 28.3 Å². The van der Waals surface area contributed by atoms with Crippen molar-refractivity contribution >= 4 is 16.6 Å². The van der Waals surface area contributed by atoms with Crippen molar-refractivity contribution in [3.05, 3.63) is 45.7 Å². The van der Waals surface area contributed by atoms with Crippen LogP contribution in [0.1, 0.15) is 28.4 Å². The Hall–Kier alpha value is -3.52. The molecule has 8 heteroatoms. The molecule has 1 fully saturated rings. The summed E-state index contributed by atoms with van der Waals surface area (Å²) in [6, 6.07) is 6.68. The molecule has 0 radical (unpaired) electrons. The van der Waals surface area contributed by atoms with Crippen molar-refractivity contribution in [2.75, 3.05) is 34.2 Å². The monoisotopic (exact) mass is 421 g/mol. The predicted octanol–water partition coefficient (Wildman–Crippen LogP) is 2.92. The Morgan fingerprint density at radius 2 is 1.61 bits per heavy atom. The van der Waals surface area contributed by atoms with Crippen LogP contribution in [0.2, 0.25) is 0 Å². The molecule has 0 bridgehead atoms. The van der Waals surface area contributed by atoms with Crippen LogP contribution in [-0.4, -0.2) is 44.6 Å². The number of hydrogen-bond acceptors (Lipinski definition) is 7. The van der Waals surface area contributed by atoms with E-state index in [1.807, 2.05) is 0 Å². The smallest absolute Gasteiger partial charge is 0.259 e. The number of aromatic nitrogens is 1. The van der Waals surface area contributed by atoms with Crippen LogP contribution in [-0.2, 0) is 4.74 Å². The minimum atomic E-state index is -0.191. The van der Waals surface area contributed by atoms with Crippen molar-refractivity contribution in [2.24, 2.45) is 0 Å². The molecule has 2 aliphatic heterocycles. The molecular formula is C23H19NO7. The minimum Gasteiger partial charge on any atom is -0.493 e. The summed E-state index contributed by atoms with van der Waals surface area (Å²) in [7, 11) is 3.04. The number of pyridine rings is 1. The molecule has 1 saturated heterocycles. The highest BCUT2D eigenvalue weighted by Gasteiger charge is 2.37. The van der Waals surface area contributed by atoms with Gasteiger partial charge in [-0.2, -0.15) is 0 Å². The van der Waals surface area contributed by atoms with E-state index in [9.17, 15) is 9.59 Å². The predicted molar refractivity (Wildman–Crippen MR) is 111 cm³/mol. The molecule has 158 valence electrons. The molecule has 3 aliphatic rings. The van der Waals surface area contributed by atoms with Gasteiger partial charge in [0.15, 0.2) is 28.8 Å². The van der Waals surface area contributed by atoms with Gasteiger partial charge in [0.05, 0.1) is 43.5 Å². The molecule has 1 atom stereocenters. The highest BCUT2D eigenvalue weighted by molar-refractivity contribution is 6.27. The Kier molecular flexibility index (Phi) is 3.82. The first-order chi connectivity index (χ1) is 15.1. The number of benzene rings is 2. The van der Waals surface area contributed by atoms with Crippen LogP contribution in [0, 0.1) is 0 Å². The van der Waals surface area contributed by atoms with Crippen LogP contribution in [0.5, 0.6) is 23.0 Å². The number of nitrogens with zero attached hydrogens (tertiary/aromatic N) is 1. The van der Waals surface area contributed by atoms with Crippen LogP contribution >= 0.6 is 0 Å². The van der Waals surface area contributed by atoms with E-state index in [1.54, 1.807) is 28.8 Å². The molecule has 8 nitrogen and oxygen atoms in total. The molecule has 0 spiro atoms. The molecule has 31 heavy (non-hydrogen) atoms. The molecule has 6 rings (SSSR count). The molecule has 2 aromatic carbocycles. The second-order valence-corrected chi connectivity index (χ2v) is 7.75. The Bertz CT molecular complexity index is 1330. The zero-order valence-corrected chi connectivity index (χ0v) is 17.0. The summed E-state index contributed by atoms with van der Waals surface area (Å²) in [6.45, 7) is 1.09. The highest BCUT2D eigenvalue weighted by Crippen LogP contribution is 2.47. The largest absolute Gasteiger partial charge is 0.493 e. The second kappa shape index (κ2) is 6.49. The SMILES string of the molecule is COc1cc2c3c(n([C@H]4CCOC4)c(=O)c2cc1OC)-c1cc2c(cc1C3=O)OCO2. The topological polar surface area (TPSA) is 85.2 Å². The number of fused-ring (bicyclic) bond motifs is 6. The van der Waals surface area contributed by atoms with Gasteiger partial charge in [0.25, 0.3) is 5.56 Å². The number of carbonyl (C=O) groups is 1. The summed E-state index contributed by atoms with van der Waals surface area (Å²) in [5.41, 5.74) is 2.04. The first-order valence-corrected chi connectivity index (χ1v) is 10.0. The molecule has 0 N–H and O–H groups in total. The fourth-order valence-corrected chi connectivity index (χ4v) is 4.77. The van der Waals surface area contributed by atoms with Crippen molar-refractivity contribution in [1.29, 1.82) is 0 Å². The van der Waals surface area contributed by atoms with E-state index in [2.05, 4.69) is 0 Å². The van der Waals surface area contributed by atoms with E-state index in [-0.39, 0.29) is 24.2 Å². The van der Waals surface area contributed by atoms with Crippen molar-refractivity contribution < 1.29 is 28.5 Å². The van der Waals surface area contributed by atoms with Gasteiger partial charge in [-0.15, -0.1) is 0 Å². The number of ether oxygens (including phenoxy) is 5. The van der Waals surface area contributed by atoms with E-state index in [0.29, 0.717) is 75.8 Å². The van der Waals surface area contributed by atoms with Gasteiger partial charge in [-0.25, -0.2) is 0 Å². The first-order valence-electron chi connectivity index (χ1n) is 10.0. The number of hydrogen-bond donors (Lipinski definition) is 0. The number of rotatable bonds is 3. The van der Waals surface area contributed by atoms with Gasteiger partial charge in [0.1, 0.15) is 0 Å². The molecule has 0 unspecified atom stereocenters. The standard InChI is InChI=1S/C23H19NO7/c1-27-16-5-12-15(8-17(16)28-2)23(26)24(11-3-4-29-9-11)21-13-6-18-19(31-10-30-18)7-14(13)22(25)20(12)21/h5-8,11H,3-4,9-10H2,1-2H3/t11-/m0/s1. The average molecular weight is 421 g/mol. The van der Waals surface area contributed by atoms with E-state index in [1.165, 1.54) is 14.2 Å². The van der Waals surface area contributed by atoms with Gasteiger partial charge in [0, 0.05) is 23.1 Å². The number of carbonyl (C=O) groups excluding carboxylic acids is 1. The first kappa shape index (κ1) is 18.3. The lowest BCUT2D eigenvalue weighted by atomic mass is 10.0. The maximum Gasteiger partial charge on any atom is 0.259 e. The molecule has 3 aromatic rings. The second-order valence-electron chi connectivity index (χ2n) is 7.75. The van der Waals surface area contributed by atoms with Crippen molar-refractivity contribution in [2.45, 2.75) is 12.5 Å². The lowest BCUT2D eigenvalue weighted by Crippen LogP contribution is -2.28. The van der Waals surface area contributed by atoms with Gasteiger partial charge >= 0.3 is 0 Å². The summed E-state index contributed by atoms with van der Waals surface area (Å²) >= 11 is 0. The van der Waals surface area contributed by atoms with Gasteiger partial charge in [0.2, 0.25) is 6.79 Å². The number of methoxy groups -OCH3 is 2. The highest BCUT2D eigenvalue weighted by atomic mass is 16.7. The third-order valence-electron chi connectivity index (χ3n) is 6.23. The molecule has 1 aliphatic carbocycles. The van der Waals surface area contributed by atoms with Gasteiger partial charge in [-0.1, -0.05) is 0 Å². The van der Waals surface area contributed by atoms with Gasteiger partial charge in [-0.05, 0) is 30.7 Å². The summed E-state index contributed by atoms with van der Waals surface area (Å²) < 4.78 is 29.2. The van der Waals surface area contributed by atoms with E-state index < -0.39 is 0 Å². The Balaban J connectivity index is 1.75. The van der Waals surface area contributed by atoms with Crippen LogP contribution < -0.4 is 24.5 Å². The van der Waals surface area contributed by atoms with E-state index >= 15 is 0 Å². The Morgan fingerprint density at radius 1 is 0.935 bits per heavy atom. The lowest BCUT2D eigenvalue weighted by Gasteiger charge is -2.20. The average Bonchev–Trinajstić information content (AvgIpc) is 3.52. The summed E-state index contributed by atoms with van der Waals surface area (Å²) in [5, 5.41) is 0.945.